The summed E-state index contributed by atoms with van der Waals surface area (Å²) in [6, 6.07) is 7.59. The van der Waals surface area contributed by atoms with Gasteiger partial charge in [-0.3, -0.25) is 4.79 Å². The van der Waals surface area contributed by atoms with Crippen molar-refractivity contribution in [1.82, 2.24) is 0 Å². The van der Waals surface area contributed by atoms with E-state index >= 15 is 0 Å². The van der Waals surface area contributed by atoms with Crippen molar-refractivity contribution in [2.45, 2.75) is 0 Å². The predicted molar refractivity (Wildman–Crippen MR) is 76.1 cm³/mol. The summed E-state index contributed by atoms with van der Waals surface area (Å²) < 4.78 is 0. The Morgan fingerprint density at radius 2 is 1.76 bits per heavy atom. The van der Waals surface area contributed by atoms with Crippen LogP contribution >= 0.6 is 11.6 Å². The fraction of sp³-hybridized carbons (Fsp3) is 0. The van der Waals surface area contributed by atoms with Gasteiger partial charge in [-0.05, 0) is 24.3 Å². The van der Waals surface area contributed by atoms with Gasteiger partial charge in [0.2, 0.25) is 0 Å². The number of carbonyl (C=O) groups excluding carboxylic acids is 1. The number of phenols is 2. The number of halogens is 1. The zero-order valence-corrected chi connectivity index (χ0v) is 11.3. The van der Waals surface area contributed by atoms with Crippen LogP contribution in [0.4, 0.5) is 5.69 Å². The maximum atomic E-state index is 12.1. The standard InChI is InChI=1S/C14H10ClNO5/c15-10-3-1-2-9(14(20)21)12(10)16-13(19)8-5-4-7(17)6-11(8)18/h1-6,17-18H,(H,16,19)(H,20,21). The van der Waals surface area contributed by atoms with Crippen molar-refractivity contribution in [3.63, 3.8) is 0 Å². The number of anilines is 1. The first-order valence-corrected chi connectivity index (χ1v) is 6.13. The van der Waals surface area contributed by atoms with Gasteiger partial charge in [0.05, 0.1) is 21.8 Å². The van der Waals surface area contributed by atoms with Crippen molar-refractivity contribution >= 4 is 29.2 Å². The summed E-state index contributed by atoms with van der Waals surface area (Å²) in [6.07, 6.45) is 0. The molecule has 0 aliphatic rings. The number of aromatic carboxylic acids is 1. The van der Waals surface area contributed by atoms with Gasteiger partial charge in [0.25, 0.3) is 5.91 Å². The SMILES string of the molecule is O=C(Nc1c(Cl)cccc1C(=O)O)c1ccc(O)cc1O. The minimum absolute atomic E-state index is 0.0570. The van der Waals surface area contributed by atoms with Gasteiger partial charge in [-0.15, -0.1) is 0 Å². The largest absolute Gasteiger partial charge is 0.508 e. The van der Waals surface area contributed by atoms with Crippen LogP contribution in [0.15, 0.2) is 36.4 Å². The maximum Gasteiger partial charge on any atom is 0.337 e. The number of nitrogens with one attached hydrogen (secondary N) is 1. The molecule has 21 heavy (non-hydrogen) atoms. The monoisotopic (exact) mass is 307 g/mol. The molecule has 0 bridgehead atoms. The van der Waals surface area contributed by atoms with E-state index in [-0.39, 0.29) is 27.6 Å². The topological polar surface area (TPSA) is 107 Å². The van der Waals surface area contributed by atoms with E-state index in [2.05, 4.69) is 5.32 Å². The molecule has 108 valence electrons. The lowest BCUT2D eigenvalue weighted by molar-refractivity contribution is 0.0698. The fourth-order valence-electron chi connectivity index (χ4n) is 1.72. The first-order valence-electron chi connectivity index (χ1n) is 5.75. The van der Waals surface area contributed by atoms with Crippen LogP contribution in [0.5, 0.6) is 11.5 Å². The lowest BCUT2D eigenvalue weighted by atomic mass is 10.1. The van der Waals surface area contributed by atoms with Gasteiger partial charge in [-0.2, -0.15) is 0 Å². The Hall–Kier alpha value is -2.73. The third kappa shape index (κ3) is 3.06. The van der Waals surface area contributed by atoms with Crippen molar-refractivity contribution in [3.8, 4) is 11.5 Å². The molecule has 0 unspecified atom stereocenters. The van der Waals surface area contributed by atoms with Crippen molar-refractivity contribution in [2.75, 3.05) is 5.32 Å². The van der Waals surface area contributed by atoms with Crippen molar-refractivity contribution in [2.24, 2.45) is 0 Å². The van der Waals surface area contributed by atoms with Crippen LogP contribution in [-0.4, -0.2) is 27.2 Å². The second kappa shape index (κ2) is 5.72. The number of para-hydroxylation sites is 1. The van der Waals surface area contributed by atoms with E-state index in [9.17, 15) is 19.8 Å². The highest BCUT2D eigenvalue weighted by atomic mass is 35.5. The van der Waals surface area contributed by atoms with E-state index < -0.39 is 17.6 Å². The van der Waals surface area contributed by atoms with Gasteiger partial charge in [0.1, 0.15) is 11.5 Å². The number of hydrogen-bond donors (Lipinski definition) is 4. The molecule has 0 aromatic heterocycles. The molecule has 4 N–H and O–H groups in total. The van der Waals surface area contributed by atoms with Gasteiger partial charge in [0, 0.05) is 6.07 Å². The van der Waals surface area contributed by atoms with E-state index in [1.165, 1.54) is 30.3 Å². The molecule has 0 saturated heterocycles. The zero-order chi connectivity index (χ0) is 15.6. The second-order valence-electron chi connectivity index (χ2n) is 4.12. The quantitative estimate of drug-likeness (QED) is 0.697. The summed E-state index contributed by atoms with van der Waals surface area (Å²) in [7, 11) is 0. The van der Waals surface area contributed by atoms with Gasteiger partial charge in [-0.25, -0.2) is 4.79 Å². The van der Waals surface area contributed by atoms with E-state index in [4.69, 9.17) is 16.7 Å². The molecule has 7 heteroatoms. The molecule has 0 aliphatic carbocycles. The summed E-state index contributed by atoms with van der Waals surface area (Å²) >= 11 is 5.89. The normalized spacial score (nSPS) is 10.1. The molecule has 0 fully saturated rings. The lowest BCUT2D eigenvalue weighted by Gasteiger charge is -2.11. The van der Waals surface area contributed by atoms with Gasteiger partial charge < -0.3 is 20.6 Å². The van der Waals surface area contributed by atoms with E-state index in [0.717, 1.165) is 6.07 Å². The van der Waals surface area contributed by atoms with Crippen LogP contribution < -0.4 is 5.32 Å². The number of hydrogen-bond acceptors (Lipinski definition) is 4. The molecule has 0 radical (unpaired) electrons. The highest BCUT2D eigenvalue weighted by Crippen LogP contribution is 2.28. The van der Waals surface area contributed by atoms with Crippen LogP contribution in [0.25, 0.3) is 0 Å². The average Bonchev–Trinajstić information content (AvgIpc) is 2.40. The third-order valence-electron chi connectivity index (χ3n) is 2.71. The Morgan fingerprint density at radius 3 is 2.38 bits per heavy atom. The van der Waals surface area contributed by atoms with Gasteiger partial charge in [0.15, 0.2) is 0 Å². The Kier molecular flexibility index (Phi) is 4.00. The minimum atomic E-state index is -1.25. The highest BCUT2D eigenvalue weighted by Gasteiger charge is 2.18. The summed E-state index contributed by atoms with van der Waals surface area (Å²) in [5.74, 6) is -2.63. The van der Waals surface area contributed by atoms with Crippen LogP contribution in [0.2, 0.25) is 5.02 Å². The van der Waals surface area contributed by atoms with Crippen LogP contribution in [0.3, 0.4) is 0 Å². The molecule has 0 aliphatic heterocycles. The molecule has 0 atom stereocenters. The number of carboxylic acid groups (broad SMARTS) is 1. The van der Waals surface area contributed by atoms with Crippen molar-refractivity contribution in [3.05, 3.63) is 52.5 Å². The summed E-state index contributed by atoms with van der Waals surface area (Å²) in [4.78, 5) is 23.2. The van der Waals surface area contributed by atoms with Gasteiger partial charge >= 0.3 is 5.97 Å². The van der Waals surface area contributed by atoms with E-state index in [1.807, 2.05) is 0 Å². The number of aromatic hydroxyl groups is 2. The zero-order valence-electron chi connectivity index (χ0n) is 10.5. The molecule has 1 amide bonds. The fourth-order valence-corrected chi connectivity index (χ4v) is 1.94. The first kappa shape index (κ1) is 14.7. The second-order valence-corrected chi connectivity index (χ2v) is 4.53. The van der Waals surface area contributed by atoms with E-state index in [0.29, 0.717) is 0 Å². The smallest absolute Gasteiger partial charge is 0.337 e. The molecule has 2 rings (SSSR count). The maximum absolute atomic E-state index is 12.1. The molecule has 2 aromatic carbocycles. The molecule has 0 spiro atoms. The Balaban J connectivity index is 2.38. The third-order valence-corrected chi connectivity index (χ3v) is 3.02. The Labute approximate surface area is 124 Å². The van der Waals surface area contributed by atoms with Crippen molar-refractivity contribution in [1.29, 1.82) is 0 Å². The number of carbonyl (C=O) groups is 2. The minimum Gasteiger partial charge on any atom is -0.508 e. The molecular formula is C14H10ClNO5. The number of amides is 1. The van der Waals surface area contributed by atoms with Gasteiger partial charge in [-0.1, -0.05) is 17.7 Å². The molecule has 0 saturated carbocycles. The lowest BCUT2D eigenvalue weighted by Crippen LogP contribution is -2.15. The number of benzene rings is 2. The summed E-state index contributed by atoms with van der Waals surface area (Å²) in [5.41, 5.74) is -0.359. The number of carboxylic acids is 1. The van der Waals surface area contributed by atoms with Crippen LogP contribution in [-0.2, 0) is 0 Å². The number of rotatable bonds is 3. The molecular weight excluding hydrogens is 298 g/mol. The summed E-state index contributed by atoms with van der Waals surface area (Å²) in [5, 5.41) is 30.3. The van der Waals surface area contributed by atoms with E-state index in [1.54, 1.807) is 0 Å². The Morgan fingerprint density at radius 1 is 1.05 bits per heavy atom. The van der Waals surface area contributed by atoms with Crippen molar-refractivity contribution < 1.29 is 24.9 Å². The Bertz CT molecular complexity index is 729. The van der Waals surface area contributed by atoms with Crippen LogP contribution in [0.1, 0.15) is 20.7 Å². The molecule has 6 nitrogen and oxygen atoms in total. The average molecular weight is 308 g/mol. The first-order chi connectivity index (χ1) is 9.90. The molecule has 0 heterocycles. The molecule has 2 aromatic rings. The predicted octanol–water partition coefficient (Wildman–Crippen LogP) is 2.70. The highest BCUT2D eigenvalue weighted by molar-refractivity contribution is 6.35. The summed E-state index contributed by atoms with van der Waals surface area (Å²) in [6.45, 7) is 0. The van der Waals surface area contributed by atoms with Crippen LogP contribution in [0, 0.1) is 0 Å². The number of phenolic OH excluding ortho intramolecular Hbond substituents is 2.